The summed E-state index contributed by atoms with van der Waals surface area (Å²) in [6.07, 6.45) is 10.2. The average Bonchev–Trinajstić information content (AvgIpc) is 2.44. The lowest BCUT2D eigenvalue weighted by Crippen LogP contribution is -2.24. The molecule has 1 aromatic rings. The Labute approximate surface area is 116 Å². The maximum atomic E-state index is 10.1. The topological polar surface area (TPSA) is 20.3 Å². The van der Waals surface area contributed by atoms with Crippen LogP contribution >= 0.6 is 0 Å². The molecule has 0 saturated carbocycles. The van der Waals surface area contributed by atoms with Crippen molar-refractivity contribution in [2.45, 2.75) is 26.7 Å². The minimum absolute atomic E-state index is 0.779. The summed E-state index contributed by atoms with van der Waals surface area (Å²) in [5.74, 6) is 0. The third-order valence-corrected chi connectivity index (χ3v) is 2.83. The highest BCUT2D eigenvalue weighted by Crippen LogP contribution is 2.16. The maximum Gasteiger partial charge on any atom is 0.142 e. The number of rotatable bonds is 8. The molecule has 0 bridgehead atoms. The number of hydrogen-bond acceptors (Lipinski definition) is 2. The Morgan fingerprint density at radius 3 is 2.11 bits per heavy atom. The van der Waals surface area contributed by atoms with Gasteiger partial charge in [-0.3, -0.25) is 4.79 Å². The van der Waals surface area contributed by atoms with E-state index in [9.17, 15) is 4.79 Å². The molecule has 0 N–H and O–H groups in total. The molecule has 102 valence electrons. The van der Waals surface area contributed by atoms with E-state index >= 15 is 0 Å². The fourth-order valence-electron chi connectivity index (χ4n) is 1.98. The molecule has 0 spiro atoms. The molecular formula is C17H23NO. The van der Waals surface area contributed by atoms with Gasteiger partial charge in [0.2, 0.25) is 0 Å². The van der Waals surface area contributed by atoms with Crippen LogP contribution in [0.1, 0.15) is 32.3 Å². The van der Waals surface area contributed by atoms with E-state index in [2.05, 4.69) is 43.0 Å². The predicted octanol–water partition coefficient (Wildman–Crippen LogP) is 4.08. The number of aldehydes is 1. The number of carbonyl (C=O) groups excluding carboxylic acids is 1. The largest absolute Gasteiger partial charge is 0.372 e. The van der Waals surface area contributed by atoms with E-state index in [1.807, 2.05) is 12.2 Å². The molecule has 1 rings (SSSR count). The second-order valence-electron chi connectivity index (χ2n) is 4.46. The highest BCUT2D eigenvalue weighted by atomic mass is 16.1. The zero-order valence-corrected chi connectivity index (χ0v) is 11.9. The molecule has 2 heteroatoms. The molecule has 0 aromatic heterocycles. The highest BCUT2D eigenvalue weighted by Gasteiger charge is 2.03. The maximum absolute atomic E-state index is 10.1. The second kappa shape index (κ2) is 9.15. The molecule has 2 nitrogen and oxygen atoms in total. The molecule has 0 fully saturated rings. The first-order valence-electron chi connectivity index (χ1n) is 6.95. The molecule has 0 radical (unpaired) electrons. The van der Waals surface area contributed by atoms with Gasteiger partial charge in [-0.2, -0.15) is 0 Å². The third kappa shape index (κ3) is 5.56. The third-order valence-electron chi connectivity index (χ3n) is 2.83. The highest BCUT2D eigenvalue weighted by molar-refractivity contribution is 5.66. The standard InChI is InChI=1S/C17H23NO/c1-3-13-18(14-4-2)17-11-9-16(10-12-17)8-6-5-7-15-19/h5-12,15H,3-4,13-14H2,1-2H3/b7-5+,8-6+. The van der Waals surface area contributed by atoms with Crippen LogP contribution < -0.4 is 4.90 Å². The Hall–Kier alpha value is -1.83. The van der Waals surface area contributed by atoms with Gasteiger partial charge in [0.25, 0.3) is 0 Å². The van der Waals surface area contributed by atoms with Gasteiger partial charge in [-0.15, -0.1) is 0 Å². The molecule has 0 heterocycles. The molecule has 0 saturated heterocycles. The monoisotopic (exact) mass is 257 g/mol. The molecule has 0 atom stereocenters. The summed E-state index contributed by atoms with van der Waals surface area (Å²) in [5.41, 5.74) is 2.43. The Balaban J connectivity index is 2.70. The summed E-state index contributed by atoms with van der Waals surface area (Å²) >= 11 is 0. The van der Waals surface area contributed by atoms with Crippen molar-refractivity contribution in [3.63, 3.8) is 0 Å². The zero-order chi connectivity index (χ0) is 13.9. The average molecular weight is 257 g/mol. The number of anilines is 1. The van der Waals surface area contributed by atoms with Crippen molar-refractivity contribution in [2.75, 3.05) is 18.0 Å². The molecule has 0 aliphatic heterocycles. The van der Waals surface area contributed by atoms with Gasteiger partial charge in [-0.25, -0.2) is 0 Å². The van der Waals surface area contributed by atoms with Crippen LogP contribution in [0.25, 0.3) is 6.08 Å². The minimum Gasteiger partial charge on any atom is -0.372 e. The molecular weight excluding hydrogens is 234 g/mol. The lowest BCUT2D eigenvalue weighted by molar-refractivity contribution is -0.104. The summed E-state index contributed by atoms with van der Waals surface area (Å²) in [6, 6.07) is 8.54. The van der Waals surface area contributed by atoms with E-state index < -0.39 is 0 Å². The Morgan fingerprint density at radius 2 is 1.58 bits per heavy atom. The van der Waals surface area contributed by atoms with Gasteiger partial charge in [-0.05, 0) is 36.6 Å². The van der Waals surface area contributed by atoms with Gasteiger partial charge in [0, 0.05) is 18.8 Å². The van der Waals surface area contributed by atoms with Crippen molar-refractivity contribution in [3.8, 4) is 0 Å². The molecule has 0 amide bonds. The van der Waals surface area contributed by atoms with Crippen LogP contribution in [0.15, 0.2) is 42.5 Å². The summed E-state index contributed by atoms with van der Waals surface area (Å²) in [7, 11) is 0. The van der Waals surface area contributed by atoms with Crippen LogP contribution in [0.2, 0.25) is 0 Å². The lowest BCUT2D eigenvalue weighted by atomic mass is 10.1. The summed E-state index contributed by atoms with van der Waals surface area (Å²) < 4.78 is 0. The van der Waals surface area contributed by atoms with Crippen LogP contribution in [0.3, 0.4) is 0 Å². The summed E-state index contributed by atoms with van der Waals surface area (Å²) in [4.78, 5) is 12.5. The van der Waals surface area contributed by atoms with Gasteiger partial charge in [0.15, 0.2) is 0 Å². The molecule has 0 aliphatic rings. The molecule has 19 heavy (non-hydrogen) atoms. The van der Waals surface area contributed by atoms with Gasteiger partial charge >= 0.3 is 0 Å². The summed E-state index contributed by atoms with van der Waals surface area (Å²) in [6.45, 7) is 6.62. The fraction of sp³-hybridized carbons (Fsp3) is 0.353. The second-order valence-corrected chi connectivity index (χ2v) is 4.46. The quantitative estimate of drug-likeness (QED) is 0.397. The van der Waals surface area contributed by atoms with Crippen molar-refractivity contribution < 1.29 is 4.79 Å². The van der Waals surface area contributed by atoms with Crippen LogP contribution in [0, 0.1) is 0 Å². The first-order chi connectivity index (χ1) is 9.31. The van der Waals surface area contributed by atoms with E-state index in [0.29, 0.717) is 0 Å². The Bertz CT molecular complexity index is 411. The van der Waals surface area contributed by atoms with E-state index in [1.54, 1.807) is 6.08 Å². The molecule has 0 unspecified atom stereocenters. The van der Waals surface area contributed by atoms with Crippen molar-refractivity contribution >= 4 is 18.0 Å². The summed E-state index contributed by atoms with van der Waals surface area (Å²) in [5, 5.41) is 0. The van der Waals surface area contributed by atoms with Crippen molar-refractivity contribution in [1.82, 2.24) is 0 Å². The van der Waals surface area contributed by atoms with Gasteiger partial charge in [0.05, 0.1) is 0 Å². The Morgan fingerprint density at radius 1 is 0.947 bits per heavy atom. The predicted molar refractivity (Wildman–Crippen MR) is 83.5 cm³/mol. The van der Waals surface area contributed by atoms with Crippen molar-refractivity contribution in [3.05, 3.63) is 48.1 Å². The van der Waals surface area contributed by atoms with E-state index in [-0.39, 0.29) is 0 Å². The number of hydrogen-bond donors (Lipinski definition) is 0. The first-order valence-corrected chi connectivity index (χ1v) is 6.95. The number of allylic oxidation sites excluding steroid dienone is 3. The SMILES string of the molecule is CCCN(CCC)c1ccc(/C=C/C=C/C=O)cc1. The number of benzene rings is 1. The lowest BCUT2D eigenvalue weighted by Gasteiger charge is -2.23. The van der Waals surface area contributed by atoms with E-state index in [1.165, 1.54) is 11.8 Å². The van der Waals surface area contributed by atoms with Gasteiger partial charge < -0.3 is 4.90 Å². The zero-order valence-electron chi connectivity index (χ0n) is 11.9. The number of carbonyl (C=O) groups is 1. The van der Waals surface area contributed by atoms with Crippen LogP contribution in [-0.4, -0.2) is 19.4 Å². The Kier molecular flexibility index (Phi) is 7.33. The van der Waals surface area contributed by atoms with Crippen LogP contribution in [0.4, 0.5) is 5.69 Å². The van der Waals surface area contributed by atoms with Crippen LogP contribution in [0.5, 0.6) is 0 Å². The van der Waals surface area contributed by atoms with Crippen molar-refractivity contribution in [1.29, 1.82) is 0 Å². The smallest absolute Gasteiger partial charge is 0.142 e. The van der Waals surface area contributed by atoms with Crippen LogP contribution in [-0.2, 0) is 4.79 Å². The van der Waals surface area contributed by atoms with E-state index in [0.717, 1.165) is 37.8 Å². The van der Waals surface area contributed by atoms with Crippen molar-refractivity contribution in [2.24, 2.45) is 0 Å². The molecule has 1 aromatic carbocycles. The van der Waals surface area contributed by atoms with Gasteiger partial charge in [0.1, 0.15) is 6.29 Å². The number of nitrogens with zero attached hydrogens (tertiary/aromatic N) is 1. The normalized spacial score (nSPS) is 11.3. The minimum atomic E-state index is 0.779. The van der Waals surface area contributed by atoms with Gasteiger partial charge in [-0.1, -0.05) is 44.2 Å². The first kappa shape index (κ1) is 15.2. The fourth-order valence-corrected chi connectivity index (χ4v) is 1.98. The van der Waals surface area contributed by atoms with E-state index in [4.69, 9.17) is 0 Å². The molecule has 0 aliphatic carbocycles.